The van der Waals surface area contributed by atoms with E-state index in [0.29, 0.717) is 16.1 Å². The van der Waals surface area contributed by atoms with Gasteiger partial charge in [0.05, 0.1) is 21.1 Å². The number of fused-ring (bicyclic) bond motifs is 1. The fraction of sp³-hybridized carbons (Fsp3) is 0. The summed E-state index contributed by atoms with van der Waals surface area (Å²) in [5.41, 5.74) is 0.393. The number of aromatic nitrogens is 1. The van der Waals surface area contributed by atoms with Gasteiger partial charge >= 0.3 is 5.63 Å². The number of anilines is 1. The number of nitro groups is 1. The van der Waals surface area contributed by atoms with E-state index >= 15 is 0 Å². The van der Waals surface area contributed by atoms with Gasteiger partial charge in [0.15, 0.2) is 0 Å². The van der Waals surface area contributed by atoms with Crippen molar-refractivity contribution in [1.29, 1.82) is 5.26 Å². The second kappa shape index (κ2) is 8.87. The molecule has 4 rings (SSSR count). The number of primary sulfonamides is 1. The summed E-state index contributed by atoms with van der Waals surface area (Å²) in [6.07, 6.45) is 1.39. The number of benzene rings is 2. The van der Waals surface area contributed by atoms with Crippen molar-refractivity contribution in [2.45, 2.75) is 4.90 Å². The molecule has 2 aromatic carbocycles. The molecule has 11 nitrogen and oxygen atoms in total. The van der Waals surface area contributed by atoms with E-state index in [9.17, 15) is 28.6 Å². The lowest BCUT2D eigenvalue weighted by atomic mass is 10.1. The molecule has 4 aromatic rings. The van der Waals surface area contributed by atoms with E-state index in [2.05, 4.69) is 10.3 Å². The summed E-state index contributed by atoms with van der Waals surface area (Å²) in [6, 6.07) is 13.0. The van der Waals surface area contributed by atoms with E-state index in [4.69, 9.17) is 9.56 Å². The van der Waals surface area contributed by atoms with Gasteiger partial charge in [0.25, 0.3) is 5.69 Å². The quantitative estimate of drug-likeness (QED) is 0.175. The summed E-state index contributed by atoms with van der Waals surface area (Å²) in [6.45, 7) is 0. The topological polar surface area (TPSA) is 182 Å². The van der Waals surface area contributed by atoms with Crippen molar-refractivity contribution in [2.75, 3.05) is 5.32 Å². The van der Waals surface area contributed by atoms with Gasteiger partial charge in [0.2, 0.25) is 10.0 Å². The summed E-state index contributed by atoms with van der Waals surface area (Å²) >= 11 is 1.11. The number of non-ortho nitro benzene ring substituents is 1. The molecule has 3 N–H and O–H groups in total. The standard InChI is InChI=1S/C21H13N5O6S2/c22-9-13(10-24-14-1-4-16(5-2-14)34(23,30)31)20-25-18(11-33-20)17-8-12-7-15(26(28)29)3-6-19(12)32-21(17)27/h1-8,10-11,24H,(H2,23,30,31)/b13-10+. The number of nitrogens with zero attached hydrogens (tertiary/aromatic N) is 3. The highest BCUT2D eigenvalue weighted by molar-refractivity contribution is 7.89. The normalized spacial score (nSPS) is 11.8. The molecule has 0 saturated carbocycles. The van der Waals surface area contributed by atoms with Crippen LogP contribution in [0.5, 0.6) is 0 Å². The molecule has 0 radical (unpaired) electrons. The average Bonchev–Trinajstić information content (AvgIpc) is 3.28. The number of sulfonamides is 1. The van der Waals surface area contributed by atoms with Crippen LogP contribution < -0.4 is 16.1 Å². The molecule has 2 aromatic heterocycles. The molecule has 0 saturated heterocycles. The van der Waals surface area contributed by atoms with Crippen LogP contribution in [-0.4, -0.2) is 18.3 Å². The molecule has 0 bridgehead atoms. The van der Waals surface area contributed by atoms with Crippen molar-refractivity contribution in [3.8, 4) is 17.3 Å². The maximum Gasteiger partial charge on any atom is 0.345 e. The number of nitrogens with one attached hydrogen (secondary N) is 1. The molecular formula is C21H13N5O6S2. The number of allylic oxidation sites excluding steroid dienone is 1. The number of hydrogen-bond acceptors (Lipinski definition) is 10. The summed E-state index contributed by atoms with van der Waals surface area (Å²) in [7, 11) is -3.82. The van der Waals surface area contributed by atoms with Crippen LogP contribution in [0.1, 0.15) is 5.01 Å². The van der Waals surface area contributed by atoms with Gasteiger partial charge < -0.3 is 9.73 Å². The number of nitrogens with two attached hydrogens (primary N) is 1. The highest BCUT2D eigenvalue weighted by Gasteiger charge is 2.15. The number of rotatable bonds is 6. The monoisotopic (exact) mass is 495 g/mol. The Morgan fingerprint density at radius 2 is 1.97 bits per heavy atom. The minimum absolute atomic E-state index is 0.0494. The molecular weight excluding hydrogens is 482 g/mol. The Bertz CT molecular complexity index is 1660. The van der Waals surface area contributed by atoms with Crippen molar-refractivity contribution < 1.29 is 17.8 Å². The van der Waals surface area contributed by atoms with E-state index < -0.39 is 20.6 Å². The van der Waals surface area contributed by atoms with Gasteiger partial charge in [0.1, 0.15) is 22.2 Å². The third-order valence-electron chi connectivity index (χ3n) is 4.62. The molecule has 0 spiro atoms. The second-order valence-electron chi connectivity index (χ2n) is 6.85. The van der Waals surface area contributed by atoms with Gasteiger partial charge in [-0.1, -0.05) is 0 Å². The van der Waals surface area contributed by atoms with Gasteiger partial charge in [-0.3, -0.25) is 10.1 Å². The summed E-state index contributed by atoms with van der Waals surface area (Å²) < 4.78 is 27.9. The molecule has 0 aliphatic rings. The zero-order chi connectivity index (χ0) is 24.5. The van der Waals surface area contributed by atoms with E-state index in [1.807, 2.05) is 6.07 Å². The number of nitro benzene ring substituents is 1. The highest BCUT2D eigenvalue weighted by atomic mass is 32.2. The number of thiazole rings is 1. The predicted molar refractivity (Wildman–Crippen MR) is 125 cm³/mol. The molecule has 0 unspecified atom stereocenters. The molecule has 0 atom stereocenters. The van der Waals surface area contributed by atoms with Crippen molar-refractivity contribution >= 4 is 49.3 Å². The minimum Gasteiger partial charge on any atom is -0.422 e. The van der Waals surface area contributed by atoms with Gasteiger partial charge in [-0.05, 0) is 36.4 Å². The summed E-state index contributed by atoms with van der Waals surface area (Å²) in [5, 5.41) is 30.7. The molecule has 13 heteroatoms. The van der Waals surface area contributed by atoms with Crippen LogP contribution in [0.25, 0.3) is 27.8 Å². The number of hydrogen-bond donors (Lipinski definition) is 2. The fourth-order valence-electron chi connectivity index (χ4n) is 2.96. The molecule has 2 heterocycles. The van der Waals surface area contributed by atoms with Crippen molar-refractivity contribution in [3.05, 3.63) is 85.7 Å². The van der Waals surface area contributed by atoms with Crippen molar-refractivity contribution in [2.24, 2.45) is 5.14 Å². The van der Waals surface area contributed by atoms with E-state index in [-0.39, 0.29) is 33.0 Å². The predicted octanol–water partition coefficient (Wildman–Crippen LogP) is 3.45. The lowest BCUT2D eigenvalue weighted by molar-refractivity contribution is -0.384. The Balaban J connectivity index is 1.63. The largest absolute Gasteiger partial charge is 0.422 e. The smallest absolute Gasteiger partial charge is 0.345 e. The molecule has 0 amide bonds. The van der Waals surface area contributed by atoms with E-state index in [1.54, 1.807) is 5.38 Å². The van der Waals surface area contributed by atoms with Crippen LogP contribution in [-0.2, 0) is 10.0 Å². The lowest BCUT2D eigenvalue weighted by Crippen LogP contribution is -2.11. The van der Waals surface area contributed by atoms with Gasteiger partial charge in [0, 0.05) is 34.8 Å². The maximum absolute atomic E-state index is 12.4. The van der Waals surface area contributed by atoms with Crippen LogP contribution in [0.15, 0.2) is 74.2 Å². The van der Waals surface area contributed by atoms with Crippen LogP contribution in [0.2, 0.25) is 0 Å². The molecule has 0 aliphatic heterocycles. The minimum atomic E-state index is -3.82. The van der Waals surface area contributed by atoms with Crippen LogP contribution in [0.4, 0.5) is 11.4 Å². The first-order valence-electron chi connectivity index (χ1n) is 9.34. The lowest BCUT2D eigenvalue weighted by Gasteiger charge is -2.03. The van der Waals surface area contributed by atoms with Crippen molar-refractivity contribution in [1.82, 2.24) is 4.98 Å². The SMILES string of the molecule is N#C/C(=C\Nc1ccc(S(N)(=O)=O)cc1)c1nc(-c2cc3cc([N+](=O)[O-])ccc3oc2=O)cs1. The average molecular weight is 495 g/mol. The second-order valence-corrected chi connectivity index (χ2v) is 9.27. The first-order valence-corrected chi connectivity index (χ1v) is 11.8. The molecule has 170 valence electrons. The Morgan fingerprint density at radius 1 is 1.24 bits per heavy atom. The fourth-order valence-corrected chi connectivity index (χ4v) is 4.26. The van der Waals surface area contributed by atoms with Crippen molar-refractivity contribution in [3.63, 3.8) is 0 Å². The van der Waals surface area contributed by atoms with Crippen LogP contribution in [0, 0.1) is 21.4 Å². The molecule has 0 aliphatic carbocycles. The maximum atomic E-state index is 12.4. The van der Waals surface area contributed by atoms with Crippen LogP contribution in [0.3, 0.4) is 0 Å². The van der Waals surface area contributed by atoms with Crippen LogP contribution >= 0.6 is 11.3 Å². The Labute approximate surface area is 195 Å². The van der Waals surface area contributed by atoms with Gasteiger partial charge in [-0.2, -0.15) is 5.26 Å². The summed E-state index contributed by atoms with van der Waals surface area (Å²) in [5.74, 6) is 0. The first kappa shape index (κ1) is 22.8. The zero-order valence-electron chi connectivity index (χ0n) is 17.0. The van der Waals surface area contributed by atoms with Gasteiger partial charge in [-0.25, -0.2) is 23.3 Å². The van der Waals surface area contributed by atoms with E-state index in [0.717, 1.165) is 11.3 Å². The molecule has 0 fully saturated rings. The first-order chi connectivity index (χ1) is 16.2. The van der Waals surface area contributed by atoms with E-state index in [1.165, 1.54) is 54.7 Å². The third kappa shape index (κ3) is 4.69. The Kier molecular flexibility index (Phi) is 5.95. The Hall–Kier alpha value is -4.38. The zero-order valence-corrected chi connectivity index (χ0v) is 18.6. The highest BCUT2D eigenvalue weighted by Crippen LogP contribution is 2.28. The molecule has 34 heavy (non-hydrogen) atoms. The number of nitriles is 1. The van der Waals surface area contributed by atoms with Gasteiger partial charge in [-0.15, -0.1) is 11.3 Å². The summed E-state index contributed by atoms with van der Waals surface area (Å²) in [4.78, 5) is 27.2. The third-order valence-corrected chi connectivity index (χ3v) is 6.43. The Morgan fingerprint density at radius 3 is 2.62 bits per heavy atom.